The summed E-state index contributed by atoms with van der Waals surface area (Å²) in [6.07, 6.45) is -7.30. The van der Waals surface area contributed by atoms with Gasteiger partial charge in [0.05, 0.1) is 6.10 Å². The molecule has 0 radical (unpaired) electrons. The highest BCUT2D eigenvalue weighted by Gasteiger charge is 2.76. The van der Waals surface area contributed by atoms with Crippen LogP contribution < -0.4 is 0 Å². The number of alkyl halides is 7. The lowest BCUT2D eigenvalue weighted by Crippen LogP contribution is -2.55. The standard InChI is InChI=1S/C15H15F7O/c16-13(17,14(18,19)20)15(21,22)23-10-5-8-4-9(10)12-7-2-1-6(3-7)11(8)12/h1-2,6-12H,3-5H2. The van der Waals surface area contributed by atoms with E-state index in [4.69, 9.17) is 0 Å². The average Bonchev–Trinajstić information content (AvgIpc) is 3.14. The summed E-state index contributed by atoms with van der Waals surface area (Å²) in [7, 11) is 0. The molecule has 4 rings (SSSR count). The van der Waals surface area contributed by atoms with E-state index in [0.29, 0.717) is 18.3 Å². The topological polar surface area (TPSA) is 9.23 Å². The first kappa shape index (κ1) is 15.7. The van der Waals surface area contributed by atoms with Crippen LogP contribution in [-0.4, -0.2) is 24.3 Å². The number of halogens is 7. The van der Waals surface area contributed by atoms with Crippen LogP contribution in [0.5, 0.6) is 0 Å². The first-order valence-corrected chi connectivity index (χ1v) is 7.71. The first-order chi connectivity index (χ1) is 10.5. The molecule has 7 unspecified atom stereocenters. The normalized spacial score (nSPS) is 45.1. The van der Waals surface area contributed by atoms with E-state index < -0.39 is 24.3 Å². The summed E-state index contributed by atoms with van der Waals surface area (Å²) >= 11 is 0. The van der Waals surface area contributed by atoms with Gasteiger partial charge in [-0.15, -0.1) is 0 Å². The number of fused-ring (bicyclic) bond motifs is 9. The third-order valence-corrected chi connectivity index (χ3v) is 6.23. The summed E-state index contributed by atoms with van der Waals surface area (Å²) < 4.78 is 93.8. The maximum Gasteiger partial charge on any atom is 0.462 e. The fraction of sp³-hybridized carbons (Fsp3) is 0.867. The van der Waals surface area contributed by atoms with Crippen LogP contribution in [0.25, 0.3) is 0 Å². The van der Waals surface area contributed by atoms with Crippen molar-refractivity contribution in [1.82, 2.24) is 0 Å². The van der Waals surface area contributed by atoms with Gasteiger partial charge in [-0.3, -0.25) is 0 Å². The second-order valence-corrected chi connectivity index (χ2v) is 7.24. The molecule has 3 saturated carbocycles. The minimum absolute atomic E-state index is 0.0871. The number of ether oxygens (including phenoxy) is 1. The van der Waals surface area contributed by atoms with E-state index in [9.17, 15) is 30.7 Å². The van der Waals surface area contributed by atoms with Gasteiger partial charge in [-0.1, -0.05) is 12.2 Å². The van der Waals surface area contributed by atoms with E-state index in [1.807, 2.05) is 6.08 Å². The second-order valence-electron chi connectivity index (χ2n) is 7.24. The highest BCUT2D eigenvalue weighted by atomic mass is 19.4. The maximum atomic E-state index is 13.5. The Labute approximate surface area is 127 Å². The molecule has 0 N–H and O–H groups in total. The predicted octanol–water partition coefficient (Wildman–Crippen LogP) is 4.64. The Morgan fingerprint density at radius 1 is 0.783 bits per heavy atom. The Bertz CT molecular complexity index is 540. The molecule has 4 aliphatic carbocycles. The minimum Gasteiger partial charge on any atom is -0.312 e. The molecule has 8 heteroatoms. The average molecular weight is 344 g/mol. The van der Waals surface area contributed by atoms with Crippen LogP contribution in [0.4, 0.5) is 30.7 Å². The molecule has 3 fully saturated rings. The molecule has 0 amide bonds. The van der Waals surface area contributed by atoms with Gasteiger partial charge in [-0.2, -0.15) is 30.7 Å². The molecular weight excluding hydrogens is 329 g/mol. The van der Waals surface area contributed by atoms with Crippen molar-refractivity contribution in [3.63, 3.8) is 0 Å². The van der Waals surface area contributed by atoms with E-state index in [-0.39, 0.29) is 30.1 Å². The zero-order valence-electron chi connectivity index (χ0n) is 11.9. The lowest BCUT2D eigenvalue weighted by Gasteiger charge is -2.39. The minimum atomic E-state index is -6.34. The predicted molar refractivity (Wildman–Crippen MR) is 64.8 cm³/mol. The number of hydrogen-bond donors (Lipinski definition) is 0. The molecule has 0 aromatic rings. The molecule has 1 nitrogen and oxygen atoms in total. The van der Waals surface area contributed by atoms with Gasteiger partial charge >= 0.3 is 18.2 Å². The summed E-state index contributed by atoms with van der Waals surface area (Å²) in [5.41, 5.74) is 0. The molecule has 0 heterocycles. The SMILES string of the molecule is FC(F)(F)C(F)(F)C(F)(F)OC1CC2CC1C1C3C=CC(C3)C21. The Balaban J connectivity index is 1.52. The molecule has 0 saturated heterocycles. The van der Waals surface area contributed by atoms with Gasteiger partial charge < -0.3 is 4.74 Å². The van der Waals surface area contributed by atoms with Crippen LogP contribution >= 0.6 is 0 Å². The van der Waals surface area contributed by atoms with Crippen LogP contribution in [-0.2, 0) is 4.74 Å². The monoisotopic (exact) mass is 344 g/mol. The number of hydrogen-bond acceptors (Lipinski definition) is 1. The molecule has 23 heavy (non-hydrogen) atoms. The fourth-order valence-electron chi connectivity index (χ4n) is 5.52. The summed E-state index contributed by atoms with van der Waals surface area (Å²) in [5.74, 6) is -5.38. The molecule has 130 valence electrons. The summed E-state index contributed by atoms with van der Waals surface area (Å²) in [6.45, 7) is 0. The number of allylic oxidation sites excluding steroid dienone is 2. The van der Waals surface area contributed by atoms with Crippen molar-refractivity contribution in [3.8, 4) is 0 Å². The number of rotatable bonds is 3. The largest absolute Gasteiger partial charge is 0.462 e. The molecule has 7 atom stereocenters. The van der Waals surface area contributed by atoms with Crippen molar-refractivity contribution in [3.05, 3.63) is 12.2 Å². The van der Waals surface area contributed by atoms with Gasteiger partial charge in [-0.05, 0) is 54.8 Å². The van der Waals surface area contributed by atoms with Crippen molar-refractivity contribution < 1.29 is 35.5 Å². The third-order valence-electron chi connectivity index (χ3n) is 6.23. The molecular formula is C15H15F7O. The summed E-state index contributed by atoms with van der Waals surface area (Å²) in [4.78, 5) is 0. The molecule has 0 aliphatic heterocycles. The zero-order chi connectivity index (χ0) is 16.8. The fourth-order valence-corrected chi connectivity index (χ4v) is 5.52. The lowest BCUT2D eigenvalue weighted by atomic mass is 9.72. The van der Waals surface area contributed by atoms with Gasteiger partial charge in [0.15, 0.2) is 0 Å². The summed E-state index contributed by atoms with van der Waals surface area (Å²) in [6, 6.07) is 0. The van der Waals surface area contributed by atoms with Gasteiger partial charge in [0.2, 0.25) is 0 Å². The maximum absolute atomic E-state index is 13.5. The lowest BCUT2D eigenvalue weighted by molar-refractivity contribution is -0.434. The van der Waals surface area contributed by atoms with Crippen LogP contribution in [0, 0.1) is 35.5 Å². The van der Waals surface area contributed by atoms with E-state index in [1.165, 1.54) is 0 Å². The Morgan fingerprint density at radius 2 is 1.39 bits per heavy atom. The van der Waals surface area contributed by atoms with Crippen molar-refractivity contribution in [2.45, 2.75) is 43.6 Å². The van der Waals surface area contributed by atoms with Crippen LogP contribution in [0.1, 0.15) is 19.3 Å². The van der Waals surface area contributed by atoms with Crippen LogP contribution in [0.2, 0.25) is 0 Å². The van der Waals surface area contributed by atoms with E-state index in [0.717, 1.165) is 6.42 Å². The van der Waals surface area contributed by atoms with Crippen molar-refractivity contribution in [2.75, 3.05) is 0 Å². The molecule has 0 aromatic carbocycles. The Hall–Kier alpha value is -0.790. The van der Waals surface area contributed by atoms with Crippen LogP contribution in [0.15, 0.2) is 12.2 Å². The highest BCUT2D eigenvalue weighted by Crippen LogP contribution is 2.66. The van der Waals surface area contributed by atoms with Gasteiger partial charge in [0, 0.05) is 0 Å². The Morgan fingerprint density at radius 3 is 2.00 bits per heavy atom. The van der Waals surface area contributed by atoms with Crippen molar-refractivity contribution >= 4 is 0 Å². The van der Waals surface area contributed by atoms with Gasteiger partial charge in [-0.25, -0.2) is 0 Å². The zero-order valence-corrected chi connectivity index (χ0v) is 11.9. The first-order valence-electron chi connectivity index (χ1n) is 7.71. The smallest absolute Gasteiger partial charge is 0.312 e. The second kappa shape index (κ2) is 4.43. The van der Waals surface area contributed by atoms with Crippen molar-refractivity contribution in [2.24, 2.45) is 35.5 Å². The van der Waals surface area contributed by atoms with E-state index in [1.54, 1.807) is 0 Å². The van der Waals surface area contributed by atoms with E-state index in [2.05, 4.69) is 10.8 Å². The molecule has 4 bridgehead atoms. The molecule has 0 spiro atoms. The van der Waals surface area contributed by atoms with Crippen molar-refractivity contribution in [1.29, 1.82) is 0 Å². The van der Waals surface area contributed by atoms with Gasteiger partial charge in [0.25, 0.3) is 0 Å². The van der Waals surface area contributed by atoms with Gasteiger partial charge in [0.1, 0.15) is 0 Å². The molecule has 4 aliphatic rings. The Kier molecular flexibility index (Phi) is 3.03. The quantitative estimate of drug-likeness (QED) is 0.412. The summed E-state index contributed by atoms with van der Waals surface area (Å²) in [5, 5.41) is 0. The molecule has 0 aromatic heterocycles. The highest BCUT2D eigenvalue weighted by molar-refractivity contribution is 5.21. The third kappa shape index (κ3) is 1.96. The van der Waals surface area contributed by atoms with E-state index >= 15 is 0 Å². The van der Waals surface area contributed by atoms with Crippen LogP contribution in [0.3, 0.4) is 0 Å².